The lowest BCUT2D eigenvalue weighted by atomic mass is 9.95. The fourth-order valence-electron chi connectivity index (χ4n) is 5.44. The van der Waals surface area contributed by atoms with Crippen LogP contribution in [-0.2, 0) is 16.1 Å². The monoisotopic (exact) mass is 556 g/mol. The first-order valence-electron chi connectivity index (χ1n) is 13.7. The molecule has 2 unspecified atom stereocenters. The summed E-state index contributed by atoms with van der Waals surface area (Å²) in [5, 5.41) is 5.78. The van der Waals surface area contributed by atoms with Crippen LogP contribution in [0.5, 0.6) is 11.5 Å². The minimum Gasteiger partial charge on any atom is -0.457 e. The van der Waals surface area contributed by atoms with E-state index in [0.717, 1.165) is 0 Å². The number of carbonyl (C=O) groups excluding carboxylic acids is 3. The van der Waals surface area contributed by atoms with Crippen LogP contribution < -0.4 is 15.4 Å². The summed E-state index contributed by atoms with van der Waals surface area (Å²) in [5.74, 6) is -0.115. The molecule has 2 heterocycles. The largest absolute Gasteiger partial charge is 0.457 e. The average Bonchev–Trinajstić information content (AvgIpc) is 3.28. The first-order chi connectivity index (χ1) is 19.8. The molecule has 2 aliphatic heterocycles. The predicted octanol–water partition coefficient (Wildman–Crippen LogP) is 5.14. The van der Waals surface area contributed by atoms with Crippen molar-refractivity contribution < 1.29 is 23.5 Å². The molecular weight excluding hydrogens is 523 g/mol. The lowest BCUT2D eigenvalue weighted by molar-refractivity contribution is -0.138. The number of para-hydroxylation sites is 1. The number of rotatable bonds is 9. The van der Waals surface area contributed by atoms with E-state index in [1.807, 2.05) is 69.3 Å². The lowest BCUT2D eigenvalue weighted by Crippen LogP contribution is -2.51. The minimum atomic E-state index is -0.818. The van der Waals surface area contributed by atoms with E-state index in [1.54, 1.807) is 29.2 Å². The molecule has 0 saturated heterocycles. The van der Waals surface area contributed by atoms with Crippen LogP contribution in [0.2, 0.25) is 0 Å². The molecule has 0 fully saturated rings. The molecule has 5 rings (SSSR count). The summed E-state index contributed by atoms with van der Waals surface area (Å²) >= 11 is 0. The van der Waals surface area contributed by atoms with Crippen molar-refractivity contribution in [1.29, 1.82) is 0 Å². The quantitative estimate of drug-likeness (QED) is 0.382. The van der Waals surface area contributed by atoms with Gasteiger partial charge in [0.1, 0.15) is 23.4 Å². The van der Waals surface area contributed by atoms with E-state index in [2.05, 4.69) is 10.6 Å². The topological polar surface area (TPSA) is 91.0 Å². The molecule has 0 aromatic heterocycles. The molecule has 0 radical (unpaired) electrons. The van der Waals surface area contributed by atoms with E-state index < -0.39 is 17.9 Å². The molecule has 2 atom stereocenters. The van der Waals surface area contributed by atoms with Crippen molar-refractivity contribution in [2.45, 2.75) is 39.4 Å². The van der Waals surface area contributed by atoms with Crippen LogP contribution in [0.4, 0.5) is 9.18 Å². The molecule has 0 saturated carbocycles. The van der Waals surface area contributed by atoms with Crippen molar-refractivity contribution in [1.82, 2.24) is 20.4 Å². The number of benzene rings is 3. The summed E-state index contributed by atoms with van der Waals surface area (Å²) in [6.07, 6.45) is 0. The van der Waals surface area contributed by atoms with Gasteiger partial charge in [0.25, 0.3) is 5.91 Å². The highest BCUT2D eigenvalue weighted by Gasteiger charge is 2.47. The molecular formula is C32H33FN4O4. The second-order valence-electron chi connectivity index (χ2n) is 10.4. The van der Waals surface area contributed by atoms with Gasteiger partial charge in [-0.25, -0.2) is 9.18 Å². The summed E-state index contributed by atoms with van der Waals surface area (Å²) in [6.45, 7) is 6.04. The lowest BCUT2D eigenvalue weighted by Gasteiger charge is -2.33. The summed E-state index contributed by atoms with van der Waals surface area (Å²) < 4.78 is 20.2. The van der Waals surface area contributed by atoms with E-state index in [9.17, 15) is 18.8 Å². The zero-order valence-corrected chi connectivity index (χ0v) is 23.3. The van der Waals surface area contributed by atoms with Gasteiger partial charge in [-0.15, -0.1) is 0 Å². The molecule has 2 aliphatic rings. The van der Waals surface area contributed by atoms with E-state index in [4.69, 9.17) is 4.74 Å². The van der Waals surface area contributed by atoms with Gasteiger partial charge in [-0.1, -0.05) is 62.4 Å². The number of halogens is 1. The highest BCUT2D eigenvalue weighted by Crippen LogP contribution is 2.39. The smallest absolute Gasteiger partial charge is 0.322 e. The third-order valence-corrected chi connectivity index (χ3v) is 7.38. The average molecular weight is 557 g/mol. The summed E-state index contributed by atoms with van der Waals surface area (Å²) in [7, 11) is 0. The van der Waals surface area contributed by atoms with Crippen LogP contribution in [0.1, 0.15) is 37.9 Å². The molecule has 3 aromatic carbocycles. The first-order valence-corrected chi connectivity index (χ1v) is 13.7. The Balaban J connectivity index is 1.42. The summed E-state index contributed by atoms with van der Waals surface area (Å²) in [4.78, 5) is 43.7. The van der Waals surface area contributed by atoms with Gasteiger partial charge in [0, 0.05) is 18.7 Å². The zero-order chi connectivity index (χ0) is 29.1. The number of hydrogen-bond acceptors (Lipinski definition) is 4. The molecule has 0 spiro atoms. The molecule has 0 aliphatic carbocycles. The predicted molar refractivity (Wildman–Crippen MR) is 152 cm³/mol. The standard InChI is InChI=1S/C32H33FN4O4/c1-4-36-26-19-37(29(20(2)3)30(38)34-18-22-11-8-9-16-25(22)33)31(39)27(26)28(35-32(36)40)21-12-10-15-24(17-21)41-23-13-6-5-7-14-23/h5-17,20,28-29H,4,18-19H2,1-3H3,(H,34,38)(H,35,40). The van der Waals surface area contributed by atoms with Crippen molar-refractivity contribution in [3.05, 3.63) is 107 Å². The Kier molecular flexibility index (Phi) is 8.05. The van der Waals surface area contributed by atoms with E-state index in [-0.39, 0.29) is 36.9 Å². The van der Waals surface area contributed by atoms with Crippen LogP contribution in [0.25, 0.3) is 0 Å². The second-order valence-corrected chi connectivity index (χ2v) is 10.4. The molecule has 3 aromatic rings. The SMILES string of the molecule is CCN1C(=O)NC(c2cccc(Oc3ccccc3)c2)C2=C1CN(C(C(=O)NCc1ccccc1F)C(C)C)C2=O. The molecule has 41 heavy (non-hydrogen) atoms. The Bertz CT molecular complexity index is 1490. The first kappa shape index (κ1) is 27.9. The van der Waals surface area contributed by atoms with Crippen molar-refractivity contribution in [2.75, 3.05) is 13.1 Å². The van der Waals surface area contributed by atoms with Crippen molar-refractivity contribution in [3.8, 4) is 11.5 Å². The van der Waals surface area contributed by atoms with Crippen LogP contribution in [0.15, 0.2) is 90.1 Å². The highest BCUT2D eigenvalue weighted by atomic mass is 19.1. The summed E-state index contributed by atoms with van der Waals surface area (Å²) in [5.41, 5.74) is 2.05. The van der Waals surface area contributed by atoms with Gasteiger partial charge < -0.3 is 20.3 Å². The fourth-order valence-corrected chi connectivity index (χ4v) is 5.44. The minimum absolute atomic E-state index is 0.00184. The number of ether oxygens (including phenoxy) is 1. The van der Waals surface area contributed by atoms with Crippen LogP contribution in [0.3, 0.4) is 0 Å². The normalized spacial score (nSPS) is 17.4. The maximum atomic E-state index is 14.2. The Hall–Kier alpha value is -4.66. The number of nitrogens with one attached hydrogen (secondary N) is 2. The van der Waals surface area contributed by atoms with Gasteiger partial charge in [0.15, 0.2) is 0 Å². The van der Waals surface area contributed by atoms with Gasteiger partial charge in [0.2, 0.25) is 5.91 Å². The van der Waals surface area contributed by atoms with Crippen LogP contribution >= 0.6 is 0 Å². The van der Waals surface area contributed by atoms with E-state index >= 15 is 0 Å². The Morgan fingerprint density at radius 1 is 1.02 bits per heavy atom. The zero-order valence-electron chi connectivity index (χ0n) is 23.3. The number of hydrogen-bond donors (Lipinski definition) is 2. The molecule has 9 heteroatoms. The summed E-state index contributed by atoms with van der Waals surface area (Å²) in [6, 6.07) is 21.0. The Morgan fingerprint density at radius 2 is 1.73 bits per heavy atom. The maximum Gasteiger partial charge on any atom is 0.322 e. The number of urea groups is 1. The van der Waals surface area contributed by atoms with Crippen molar-refractivity contribution in [2.24, 2.45) is 5.92 Å². The number of carbonyl (C=O) groups is 3. The maximum absolute atomic E-state index is 14.2. The Labute approximate surface area is 238 Å². The van der Waals surface area contributed by atoms with Crippen molar-refractivity contribution >= 4 is 17.8 Å². The molecule has 8 nitrogen and oxygen atoms in total. The van der Waals surface area contributed by atoms with Gasteiger partial charge in [0.05, 0.1) is 23.9 Å². The number of amides is 4. The van der Waals surface area contributed by atoms with Gasteiger partial charge in [-0.2, -0.15) is 0 Å². The van der Waals surface area contributed by atoms with Gasteiger partial charge in [-0.3, -0.25) is 14.5 Å². The number of likely N-dealkylation sites (N-methyl/N-ethyl adjacent to an activating group) is 1. The molecule has 212 valence electrons. The Morgan fingerprint density at radius 3 is 2.44 bits per heavy atom. The second kappa shape index (κ2) is 11.8. The van der Waals surface area contributed by atoms with Gasteiger partial charge in [-0.05, 0) is 48.7 Å². The number of nitrogens with zero attached hydrogens (tertiary/aromatic N) is 2. The van der Waals surface area contributed by atoms with Crippen molar-refractivity contribution in [3.63, 3.8) is 0 Å². The van der Waals surface area contributed by atoms with Crippen LogP contribution in [0, 0.1) is 11.7 Å². The van der Waals surface area contributed by atoms with E-state index in [0.29, 0.717) is 40.4 Å². The van der Waals surface area contributed by atoms with E-state index in [1.165, 1.54) is 11.0 Å². The highest BCUT2D eigenvalue weighted by molar-refractivity contribution is 6.03. The third kappa shape index (κ3) is 5.66. The fraction of sp³-hybridized carbons (Fsp3) is 0.281. The molecule has 2 N–H and O–H groups in total. The molecule has 4 amide bonds. The van der Waals surface area contributed by atoms with Gasteiger partial charge >= 0.3 is 6.03 Å². The van der Waals surface area contributed by atoms with Crippen LogP contribution in [-0.4, -0.2) is 46.8 Å². The third-order valence-electron chi connectivity index (χ3n) is 7.38. The molecule has 0 bridgehead atoms.